The average Bonchev–Trinajstić information content (AvgIpc) is 2.48. The summed E-state index contributed by atoms with van der Waals surface area (Å²) in [4.78, 5) is 11.8. The van der Waals surface area contributed by atoms with Crippen molar-refractivity contribution in [1.82, 2.24) is 0 Å². The molecular weight excluding hydrogens is 312 g/mol. The largest absolute Gasteiger partial charge is 0.494 e. The van der Waals surface area contributed by atoms with Crippen LogP contribution in [0.5, 0.6) is 5.75 Å². The van der Waals surface area contributed by atoms with Gasteiger partial charge < -0.3 is 10.1 Å². The fraction of sp³-hybridized carbons (Fsp3) is 0.0625. The van der Waals surface area contributed by atoms with Crippen LogP contribution in [0.3, 0.4) is 0 Å². The molecule has 3 nitrogen and oxygen atoms in total. The monoisotopic (exact) mass is 323 g/mol. The van der Waals surface area contributed by atoms with Gasteiger partial charge in [0.1, 0.15) is 5.82 Å². The molecule has 1 N–H and O–H groups in total. The first-order valence-electron chi connectivity index (χ1n) is 6.27. The van der Waals surface area contributed by atoms with Crippen LogP contribution in [-0.4, -0.2) is 13.0 Å². The maximum Gasteiger partial charge on any atom is 0.248 e. The molecule has 0 unspecified atom stereocenters. The fourth-order valence-electron chi connectivity index (χ4n) is 1.72. The molecule has 6 heteroatoms. The van der Waals surface area contributed by atoms with Gasteiger partial charge in [-0.3, -0.25) is 4.79 Å². The van der Waals surface area contributed by atoms with Crippen molar-refractivity contribution in [3.63, 3.8) is 0 Å². The zero-order valence-electron chi connectivity index (χ0n) is 11.6. The summed E-state index contributed by atoms with van der Waals surface area (Å²) in [6.45, 7) is 0. The van der Waals surface area contributed by atoms with Crippen LogP contribution in [0, 0.1) is 11.6 Å². The molecule has 0 bridgehead atoms. The number of amides is 1. The van der Waals surface area contributed by atoms with E-state index >= 15 is 0 Å². The van der Waals surface area contributed by atoms with Gasteiger partial charge in [-0.25, -0.2) is 8.78 Å². The smallest absolute Gasteiger partial charge is 0.248 e. The third-order valence-electron chi connectivity index (χ3n) is 2.79. The zero-order chi connectivity index (χ0) is 16.1. The summed E-state index contributed by atoms with van der Waals surface area (Å²) < 4.78 is 31.2. The number of methoxy groups -OCH3 is 1. The van der Waals surface area contributed by atoms with Crippen molar-refractivity contribution >= 4 is 29.3 Å². The van der Waals surface area contributed by atoms with Crippen molar-refractivity contribution in [3.8, 4) is 5.75 Å². The van der Waals surface area contributed by atoms with Crippen molar-refractivity contribution < 1.29 is 18.3 Å². The molecule has 0 aliphatic rings. The van der Waals surface area contributed by atoms with Crippen LogP contribution < -0.4 is 10.1 Å². The van der Waals surface area contributed by atoms with Crippen LogP contribution >= 0.6 is 11.6 Å². The second-order valence-electron chi connectivity index (χ2n) is 4.34. The molecule has 0 radical (unpaired) electrons. The summed E-state index contributed by atoms with van der Waals surface area (Å²) in [5.41, 5.74) is 0.789. The lowest BCUT2D eigenvalue weighted by Gasteiger charge is -2.05. The van der Waals surface area contributed by atoms with Gasteiger partial charge >= 0.3 is 0 Å². The lowest BCUT2D eigenvalue weighted by Crippen LogP contribution is -2.08. The first kappa shape index (κ1) is 16.0. The first-order valence-corrected chi connectivity index (χ1v) is 6.65. The standard InChI is InChI=1S/C16H12ClF2NO2/c1-22-15-6-2-10(8-13(15)19)3-7-16(21)20-14-5-4-11(18)9-12(14)17/h2-9H,1H3,(H,20,21)/b7-3+. The summed E-state index contributed by atoms with van der Waals surface area (Å²) in [6, 6.07) is 7.95. The Labute approximate surface area is 131 Å². The van der Waals surface area contributed by atoms with E-state index in [1.54, 1.807) is 6.07 Å². The minimum atomic E-state index is -0.522. The molecular formula is C16H12ClF2NO2. The third kappa shape index (κ3) is 4.05. The van der Waals surface area contributed by atoms with Crippen molar-refractivity contribution in [3.05, 3.63) is 64.7 Å². The van der Waals surface area contributed by atoms with Gasteiger partial charge in [0.15, 0.2) is 11.6 Å². The fourth-order valence-corrected chi connectivity index (χ4v) is 1.94. The number of hydrogen-bond acceptors (Lipinski definition) is 2. The molecule has 22 heavy (non-hydrogen) atoms. The van der Waals surface area contributed by atoms with E-state index in [0.717, 1.165) is 6.07 Å². The van der Waals surface area contributed by atoms with Crippen LogP contribution in [0.25, 0.3) is 6.08 Å². The van der Waals surface area contributed by atoms with Crippen molar-refractivity contribution in [2.24, 2.45) is 0 Å². The lowest BCUT2D eigenvalue weighted by atomic mass is 10.2. The summed E-state index contributed by atoms with van der Waals surface area (Å²) in [5.74, 6) is -1.36. The van der Waals surface area contributed by atoms with Gasteiger partial charge in [-0.2, -0.15) is 0 Å². The predicted octanol–water partition coefficient (Wildman–Crippen LogP) is 4.28. The van der Waals surface area contributed by atoms with E-state index in [0.29, 0.717) is 11.3 Å². The zero-order valence-corrected chi connectivity index (χ0v) is 12.3. The molecule has 1 amide bonds. The minimum Gasteiger partial charge on any atom is -0.494 e. The van der Waals surface area contributed by atoms with Gasteiger partial charge in [-0.05, 0) is 42.0 Å². The van der Waals surface area contributed by atoms with Crippen LogP contribution in [0.15, 0.2) is 42.5 Å². The van der Waals surface area contributed by atoms with E-state index < -0.39 is 17.5 Å². The highest BCUT2D eigenvalue weighted by atomic mass is 35.5. The highest BCUT2D eigenvalue weighted by Crippen LogP contribution is 2.22. The molecule has 0 aromatic heterocycles. The van der Waals surface area contributed by atoms with E-state index in [1.165, 1.54) is 43.5 Å². The van der Waals surface area contributed by atoms with E-state index in [9.17, 15) is 13.6 Å². The highest BCUT2D eigenvalue weighted by Gasteiger charge is 2.05. The number of carbonyl (C=O) groups excluding carboxylic acids is 1. The maximum atomic E-state index is 13.5. The molecule has 0 saturated carbocycles. The minimum absolute atomic E-state index is 0.0947. The van der Waals surface area contributed by atoms with Crippen LogP contribution in [0.2, 0.25) is 5.02 Å². The quantitative estimate of drug-likeness (QED) is 0.853. The van der Waals surface area contributed by atoms with E-state index in [2.05, 4.69) is 5.32 Å². The Morgan fingerprint density at radius 2 is 2.00 bits per heavy atom. The number of benzene rings is 2. The topological polar surface area (TPSA) is 38.3 Å². The molecule has 2 aromatic carbocycles. The van der Waals surface area contributed by atoms with Crippen molar-refractivity contribution in [2.45, 2.75) is 0 Å². The third-order valence-corrected chi connectivity index (χ3v) is 3.10. The van der Waals surface area contributed by atoms with Gasteiger partial charge in [0, 0.05) is 6.08 Å². The summed E-state index contributed by atoms with van der Waals surface area (Å²) >= 11 is 5.80. The van der Waals surface area contributed by atoms with E-state index in [4.69, 9.17) is 16.3 Å². The van der Waals surface area contributed by atoms with Gasteiger partial charge in [0.05, 0.1) is 17.8 Å². The maximum absolute atomic E-state index is 13.5. The number of carbonyl (C=O) groups is 1. The number of anilines is 1. The molecule has 0 spiro atoms. The second kappa shape index (κ2) is 7.04. The van der Waals surface area contributed by atoms with Crippen molar-refractivity contribution in [1.29, 1.82) is 0 Å². The van der Waals surface area contributed by atoms with Crippen LogP contribution in [-0.2, 0) is 4.79 Å². The molecule has 2 aromatic rings. The Bertz CT molecular complexity index is 732. The van der Waals surface area contributed by atoms with E-state index in [-0.39, 0.29) is 10.8 Å². The van der Waals surface area contributed by atoms with Gasteiger partial charge in [-0.15, -0.1) is 0 Å². The van der Waals surface area contributed by atoms with Crippen LogP contribution in [0.4, 0.5) is 14.5 Å². The van der Waals surface area contributed by atoms with Crippen molar-refractivity contribution in [2.75, 3.05) is 12.4 Å². The Balaban J connectivity index is 2.06. The Morgan fingerprint density at radius 3 is 2.64 bits per heavy atom. The molecule has 2 rings (SSSR count). The summed E-state index contributed by atoms with van der Waals surface area (Å²) in [7, 11) is 1.37. The molecule has 0 heterocycles. The molecule has 114 valence electrons. The molecule has 0 fully saturated rings. The Kier molecular flexibility index (Phi) is 5.12. The normalized spacial score (nSPS) is 10.7. The lowest BCUT2D eigenvalue weighted by molar-refractivity contribution is -0.111. The molecule has 0 aliphatic carbocycles. The van der Waals surface area contributed by atoms with Crippen LogP contribution in [0.1, 0.15) is 5.56 Å². The molecule has 0 atom stereocenters. The number of hydrogen-bond donors (Lipinski definition) is 1. The number of ether oxygens (including phenoxy) is 1. The van der Waals surface area contributed by atoms with Gasteiger partial charge in [0.2, 0.25) is 5.91 Å². The first-order chi connectivity index (χ1) is 10.5. The Morgan fingerprint density at radius 1 is 1.23 bits per heavy atom. The SMILES string of the molecule is COc1ccc(/C=C/C(=O)Nc2ccc(F)cc2Cl)cc1F. The molecule has 0 saturated heterocycles. The number of rotatable bonds is 4. The Hall–Kier alpha value is -2.40. The number of nitrogens with one attached hydrogen (secondary N) is 1. The van der Waals surface area contributed by atoms with Gasteiger partial charge in [-0.1, -0.05) is 17.7 Å². The second-order valence-corrected chi connectivity index (χ2v) is 4.75. The number of halogens is 3. The predicted molar refractivity (Wildman–Crippen MR) is 82.0 cm³/mol. The van der Waals surface area contributed by atoms with E-state index in [1.807, 2.05) is 0 Å². The highest BCUT2D eigenvalue weighted by molar-refractivity contribution is 6.33. The average molecular weight is 324 g/mol. The van der Waals surface area contributed by atoms with Gasteiger partial charge in [0.25, 0.3) is 0 Å². The summed E-state index contributed by atoms with van der Waals surface area (Å²) in [5, 5.41) is 2.60. The molecule has 0 aliphatic heterocycles. The summed E-state index contributed by atoms with van der Waals surface area (Å²) in [6.07, 6.45) is 2.66.